The lowest BCUT2D eigenvalue weighted by atomic mass is 9.62. The zero-order valence-corrected chi connectivity index (χ0v) is 20.9. The lowest BCUT2D eigenvalue weighted by Crippen LogP contribution is -2.38. The van der Waals surface area contributed by atoms with Crippen LogP contribution in [0.5, 0.6) is 0 Å². The Morgan fingerprint density at radius 2 is 1.40 bits per heavy atom. The largest absolute Gasteiger partial charge is 0.460 e. The first kappa shape index (κ1) is 26.7. The summed E-state index contributed by atoms with van der Waals surface area (Å²) in [5, 5.41) is 0. The molecule has 0 saturated heterocycles. The Kier molecular flexibility index (Phi) is 11.7. The maximum absolute atomic E-state index is 12.6. The lowest BCUT2D eigenvalue weighted by Gasteiger charge is -2.42. The van der Waals surface area contributed by atoms with Crippen LogP contribution in [0.25, 0.3) is 0 Å². The van der Waals surface area contributed by atoms with Crippen molar-refractivity contribution in [1.29, 1.82) is 0 Å². The molecule has 1 aromatic carbocycles. The third-order valence-electron chi connectivity index (χ3n) is 6.87. The number of hydrogen-bond donors (Lipinski definition) is 0. The van der Waals surface area contributed by atoms with Crippen LogP contribution in [0.1, 0.15) is 118 Å². The summed E-state index contributed by atoms with van der Waals surface area (Å²) in [7, 11) is 0. The molecule has 2 heteroatoms. The number of esters is 1. The van der Waals surface area contributed by atoms with E-state index in [4.69, 9.17) is 4.74 Å². The smallest absolute Gasteiger partial charge is 0.306 e. The molecular weight excluding hydrogens is 368 g/mol. The molecule has 0 radical (unpaired) electrons. The Bertz CT molecular complexity index is 578. The van der Waals surface area contributed by atoms with Crippen molar-refractivity contribution < 1.29 is 9.53 Å². The van der Waals surface area contributed by atoms with E-state index in [0.29, 0.717) is 18.3 Å². The molecule has 0 saturated carbocycles. The van der Waals surface area contributed by atoms with Crippen molar-refractivity contribution in [2.45, 2.75) is 124 Å². The van der Waals surface area contributed by atoms with Gasteiger partial charge in [-0.3, -0.25) is 4.79 Å². The summed E-state index contributed by atoms with van der Waals surface area (Å²) in [5.41, 5.74) is 1.14. The SMILES string of the molecule is CCCCCCCCC(C)(C)OC(=O)CCCC(c1ccccc1)(C(C)C)C(C)C. The Labute approximate surface area is 187 Å². The summed E-state index contributed by atoms with van der Waals surface area (Å²) < 4.78 is 5.87. The number of ether oxygens (including phenoxy) is 1. The van der Waals surface area contributed by atoms with Crippen LogP contribution >= 0.6 is 0 Å². The normalized spacial score (nSPS) is 12.6. The molecule has 0 aliphatic heterocycles. The number of carbonyl (C=O) groups excluding carboxylic acids is 1. The Morgan fingerprint density at radius 1 is 0.833 bits per heavy atom. The summed E-state index contributed by atoms with van der Waals surface area (Å²) in [6.45, 7) is 15.6. The van der Waals surface area contributed by atoms with Crippen molar-refractivity contribution >= 4 is 5.97 Å². The predicted octanol–water partition coefficient (Wildman–Crippen LogP) is 8.48. The fraction of sp³-hybridized carbons (Fsp3) is 0.750. The van der Waals surface area contributed by atoms with Gasteiger partial charge in [0.25, 0.3) is 0 Å². The molecular formula is C28H48O2. The highest BCUT2D eigenvalue weighted by Crippen LogP contribution is 2.43. The van der Waals surface area contributed by atoms with Crippen LogP contribution in [0.2, 0.25) is 0 Å². The fourth-order valence-corrected chi connectivity index (χ4v) is 5.07. The van der Waals surface area contributed by atoms with Crippen molar-refractivity contribution in [1.82, 2.24) is 0 Å². The summed E-state index contributed by atoms with van der Waals surface area (Å²) in [6.07, 6.45) is 11.0. The third kappa shape index (κ3) is 8.44. The standard InChI is InChI=1S/C28H48O2/c1-8-9-10-11-12-16-21-27(6,7)30-26(29)20-17-22-28(23(2)3,24(4)5)25-18-14-13-15-19-25/h13-15,18-19,23-24H,8-12,16-17,20-22H2,1-7H3. The van der Waals surface area contributed by atoms with Gasteiger partial charge in [0, 0.05) is 6.42 Å². The molecule has 0 bridgehead atoms. The third-order valence-corrected chi connectivity index (χ3v) is 6.87. The van der Waals surface area contributed by atoms with Gasteiger partial charge in [-0.05, 0) is 62.3 Å². The van der Waals surface area contributed by atoms with E-state index in [1.54, 1.807) is 0 Å². The number of benzene rings is 1. The molecule has 0 aliphatic carbocycles. The monoisotopic (exact) mass is 416 g/mol. The first-order valence-electron chi connectivity index (χ1n) is 12.4. The van der Waals surface area contributed by atoms with E-state index in [1.165, 1.54) is 37.7 Å². The van der Waals surface area contributed by atoms with Crippen LogP contribution in [-0.2, 0) is 14.9 Å². The number of unbranched alkanes of at least 4 members (excludes halogenated alkanes) is 5. The van der Waals surface area contributed by atoms with Gasteiger partial charge in [0.1, 0.15) is 5.60 Å². The van der Waals surface area contributed by atoms with Gasteiger partial charge >= 0.3 is 5.97 Å². The molecule has 30 heavy (non-hydrogen) atoms. The zero-order valence-electron chi connectivity index (χ0n) is 20.9. The molecule has 0 spiro atoms. The Morgan fingerprint density at radius 3 is 1.97 bits per heavy atom. The molecule has 1 aromatic rings. The van der Waals surface area contributed by atoms with Gasteiger partial charge in [-0.2, -0.15) is 0 Å². The first-order valence-corrected chi connectivity index (χ1v) is 12.4. The van der Waals surface area contributed by atoms with E-state index in [9.17, 15) is 4.79 Å². The molecule has 0 atom stereocenters. The van der Waals surface area contributed by atoms with Crippen molar-refractivity contribution in [2.24, 2.45) is 11.8 Å². The Balaban J connectivity index is 2.55. The van der Waals surface area contributed by atoms with Gasteiger partial charge < -0.3 is 4.74 Å². The van der Waals surface area contributed by atoms with Crippen LogP contribution in [-0.4, -0.2) is 11.6 Å². The van der Waals surface area contributed by atoms with Gasteiger partial charge in [0.05, 0.1) is 0 Å². The molecule has 0 aromatic heterocycles. The van der Waals surface area contributed by atoms with Crippen LogP contribution in [0.3, 0.4) is 0 Å². The Hall–Kier alpha value is -1.31. The molecule has 0 unspecified atom stereocenters. The summed E-state index contributed by atoms with van der Waals surface area (Å²) in [6, 6.07) is 10.9. The van der Waals surface area contributed by atoms with Crippen molar-refractivity contribution in [2.75, 3.05) is 0 Å². The second-order valence-corrected chi connectivity index (χ2v) is 10.3. The molecule has 1 rings (SSSR count). The topological polar surface area (TPSA) is 26.3 Å². The van der Waals surface area contributed by atoms with Gasteiger partial charge in [0.2, 0.25) is 0 Å². The highest BCUT2D eigenvalue weighted by Gasteiger charge is 2.38. The lowest BCUT2D eigenvalue weighted by molar-refractivity contribution is -0.157. The van der Waals surface area contributed by atoms with E-state index in [-0.39, 0.29) is 17.0 Å². The van der Waals surface area contributed by atoms with E-state index in [0.717, 1.165) is 25.7 Å². The van der Waals surface area contributed by atoms with E-state index in [1.807, 2.05) is 0 Å². The minimum absolute atomic E-state index is 0.0412. The average Bonchev–Trinajstić information content (AvgIpc) is 2.67. The summed E-state index contributed by atoms with van der Waals surface area (Å²) in [5.74, 6) is 0.987. The van der Waals surface area contributed by atoms with Crippen LogP contribution in [0.15, 0.2) is 30.3 Å². The maximum atomic E-state index is 12.6. The summed E-state index contributed by atoms with van der Waals surface area (Å²) in [4.78, 5) is 12.6. The van der Waals surface area contributed by atoms with Gasteiger partial charge in [0.15, 0.2) is 0 Å². The first-order chi connectivity index (χ1) is 14.2. The molecule has 2 nitrogen and oxygen atoms in total. The minimum atomic E-state index is -0.353. The average molecular weight is 417 g/mol. The van der Waals surface area contributed by atoms with Crippen molar-refractivity contribution in [3.63, 3.8) is 0 Å². The van der Waals surface area contributed by atoms with Gasteiger partial charge in [-0.1, -0.05) is 97.1 Å². The predicted molar refractivity (Wildman–Crippen MR) is 130 cm³/mol. The minimum Gasteiger partial charge on any atom is -0.460 e. The number of hydrogen-bond acceptors (Lipinski definition) is 2. The van der Waals surface area contributed by atoms with Crippen LogP contribution in [0, 0.1) is 11.8 Å². The van der Waals surface area contributed by atoms with E-state index >= 15 is 0 Å². The van der Waals surface area contributed by atoms with E-state index < -0.39 is 0 Å². The highest BCUT2D eigenvalue weighted by molar-refractivity contribution is 5.69. The molecule has 0 amide bonds. The molecule has 0 fully saturated rings. The second kappa shape index (κ2) is 13.2. The van der Waals surface area contributed by atoms with Gasteiger partial charge in [-0.25, -0.2) is 0 Å². The van der Waals surface area contributed by atoms with Gasteiger partial charge in [-0.15, -0.1) is 0 Å². The van der Waals surface area contributed by atoms with Crippen LogP contribution < -0.4 is 0 Å². The molecule has 172 valence electrons. The maximum Gasteiger partial charge on any atom is 0.306 e. The number of carbonyl (C=O) groups is 1. The second-order valence-electron chi connectivity index (χ2n) is 10.3. The summed E-state index contributed by atoms with van der Waals surface area (Å²) >= 11 is 0. The van der Waals surface area contributed by atoms with Crippen LogP contribution in [0.4, 0.5) is 0 Å². The van der Waals surface area contributed by atoms with E-state index in [2.05, 4.69) is 78.8 Å². The molecule has 0 heterocycles. The quantitative estimate of drug-likeness (QED) is 0.212. The highest BCUT2D eigenvalue weighted by atomic mass is 16.6. The fourth-order valence-electron chi connectivity index (χ4n) is 5.07. The van der Waals surface area contributed by atoms with Crippen molar-refractivity contribution in [3.05, 3.63) is 35.9 Å². The molecule has 0 aliphatic rings. The van der Waals surface area contributed by atoms with Crippen molar-refractivity contribution in [3.8, 4) is 0 Å². The zero-order chi connectivity index (χ0) is 22.6. The molecule has 0 N–H and O–H groups in total. The number of rotatable bonds is 15.